The zero-order valence-electron chi connectivity index (χ0n) is 11.9. The van der Waals surface area contributed by atoms with Crippen LogP contribution in [-0.2, 0) is 4.79 Å². The number of nitrogens with one attached hydrogen (secondary N) is 1. The van der Waals surface area contributed by atoms with Crippen LogP contribution in [0.1, 0.15) is 23.7 Å². The lowest BCUT2D eigenvalue weighted by Crippen LogP contribution is -2.30. The van der Waals surface area contributed by atoms with Crippen LogP contribution in [0.5, 0.6) is 5.75 Å². The summed E-state index contributed by atoms with van der Waals surface area (Å²) in [5.74, 6) is 0.529. The van der Waals surface area contributed by atoms with Gasteiger partial charge < -0.3 is 15.2 Å². The number of carbonyl (C=O) groups excluding carboxylic acids is 1. The van der Waals surface area contributed by atoms with E-state index in [4.69, 9.17) is 4.74 Å². The third-order valence-corrected chi connectivity index (χ3v) is 3.82. The number of carbonyl (C=O) groups is 1. The minimum absolute atomic E-state index is 0.0145. The van der Waals surface area contributed by atoms with Gasteiger partial charge in [-0.1, -0.05) is 18.2 Å². The minimum Gasteiger partial charge on any atom is -0.484 e. The van der Waals surface area contributed by atoms with Gasteiger partial charge in [-0.05, 0) is 47.4 Å². The Morgan fingerprint density at radius 2 is 2.19 bits per heavy atom. The molecule has 1 atom stereocenters. The molecule has 2 N–H and O–H groups in total. The molecule has 0 saturated carbocycles. The first-order chi connectivity index (χ1) is 10.2. The van der Waals surface area contributed by atoms with Crippen LogP contribution >= 0.6 is 11.3 Å². The Bertz CT molecular complexity index is 569. The maximum atomic E-state index is 11.7. The number of aryl methyl sites for hydroxylation is 1. The normalized spacial score (nSPS) is 11.9. The number of ether oxygens (including phenoxy) is 1. The summed E-state index contributed by atoms with van der Waals surface area (Å²) in [5, 5.41) is 16.5. The molecule has 112 valence electrons. The van der Waals surface area contributed by atoms with Crippen LogP contribution in [0.15, 0.2) is 41.1 Å². The van der Waals surface area contributed by atoms with E-state index in [1.165, 1.54) is 0 Å². The highest BCUT2D eigenvalue weighted by atomic mass is 32.1. The van der Waals surface area contributed by atoms with Crippen LogP contribution in [0.4, 0.5) is 0 Å². The summed E-state index contributed by atoms with van der Waals surface area (Å²) in [6.45, 7) is 2.34. The highest BCUT2D eigenvalue weighted by Crippen LogP contribution is 2.18. The van der Waals surface area contributed by atoms with Crippen LogP contribution in [0.3, 0.4) is 0 Å². The van der Waals surface area contributed by atoms with Crippen LogP contribution in [0, 0.1) is 6.92 Å². The summed E-state index contributed by atoms with van der Waals surface area (Å²) in [6, 6.07) is 9.46. The standard InChI is InChI=1S/C16H19NO3S/c1-12-4-2-3-5-15(12)20-10-16(19)17-8-6-14(18)13-7-9-21-11-13/h2-5,7,9,11,14,18H,6,8,10H2,1H3,(H,17,19). The van der Waals surface area contributed by atoms with Crippen molar-refractivity contribution in [2.45, 2.75) is 19.4 Å². The zero-order valence-corrected chi connectivity index (χ0v) is 12.7. The van der Waals surface area contributed by atoms with E-state index >= 15 is 0 Å². The van der Waals surface area contributed by atoms with Crippen molar-refractivity contribution in [3.8, 4) is 5.75 Å². The molecule has 4 nitrogen and oxygen atoms in total. The number of benzene rings is 1. The molecule has 0 spiro atoms. The highest BCUT2D eigenvalue weighted by molar-refractivity contribution is 7.07. The molecular formula is C16H19NO3S. The minimum atomic E-state index is -0.533. The first-order valence-corrected chi connectivity index (χ1v) is 7.76. The Hall–Kier alpha value is -1.85. The smallest absolute Gasteiger partial charge is 0.257 e. The van der Waals surface area contributed by atoms with Crippen LogP contribution in [0.2, 0.25) is 0 Å². The second-order valence-electron chi connectivity index (χ2n) is 4.77. The van der Waals surface area contributed by atoms with Gasteiger partial charge in [0.1, 0.15) is 5.75 Å². The summed E-state index contributed by atoms with van der Waals surface area (Å²) < 4.78 is 5.46. The highest BCUT2D eigenvalue weighted by Gasteiger charge is 2.09. The Labute approximate surface area is 128 Å². The van der Waals surface area contributed by atoms with E-state index in [0.717, 1.165) is 11.1 Å². The van der Waals surface area contributed by atoms with E-state index in [0.29, 0.717) is 18.7 Å². The Morgan fingerprint density at radius 3 is 2.90 bits per heavy atom. The molecule has 2 rings (SSSR count). The van der Waals surface area contributed by atoms with Gasteiger partial charge in [0, 0.05) is 6.54 Å². The van der Waals surface area contributed by atoms with Crippen molar-refractivity contribution in [3.63, 3.8) is 0 Å². The van der Waals surface area contributed by atoms with Crippen molar-refractivity contribution in [1.29, 1.82) is 0 Å². The lowest BCUT2D eigenvalue weighted by Gasteiger charge is -2.11. The van der Waals surface area contributed by atoms with E-state index < -0.39 is 6.10 Å². The van der Waals surface area contributed by atoms with Crippen LogP contribution in [0.25, 0.3) is 0 Å². The summed E-state index contributed by atoms with van der Waals surface area (Å²) in [4.78, 5) is 11.7. The van der Waals surface area contributed by atoms with E-state index in [9.17, 15) is 9.90 Å². The number of para-hydroxylation sites is 1. The molecular weight excluding hydrogens is 286 g/mol. The number of thiophene rings is 1. The molecule has 0 saturated heterocycles. The van der Waals surface area contributed by atoms with Crippen molar-refractivity contribution < 1.29 is 14.6 Å². The van der Waals surface area contributed by atoms with Gasteiger partial charge >= 0.3 is 0 Å². The SMILES string of the molecule is Cc1ccccc1OCC(=O)NCCC(O)c1ccsc1. The maximum absolute atomic E-state index is 11.7. The molecule has 1 aromatic heterocycles. The third kappa shape index (κ3) is 4.88. The van der Waals surface area contributed by atoms with Gasteiger partial charge in [-0.25, -0.2) is 0 Å². The zero-order chi connectivity index (χ0) is 15.1. The number of rotatable bonds is 7. The summed E-state index contributed by atoms with van der Waals surface area (Å²) in [6.07, 6.45) is -0.0406. The van der Waals surface area contributed by atoms with Crippen molar-refractivity contribution in [1.82, 2.24) is 5.32 Å². The lowest BCUT2D eigenvalue weighted by atomic mass is 10.1. The predicted octanol–water partition coefficient (Wildman–Crippen LogP) is 2.68. The number of hydrogen-bond acceptors (Lipinski definition) is 4. The first kappa shape index (κ1) is 15.5. The fourth-order valence-corrected chi connectivity index (χ4v) is 2.60. The third-order valence-electron chi connectivity index (χ3n) is 3.12. The molecule has 1 heterocycles. The average molecular weight is 305 g/mol. The fraction of sp³-hybridized carbons (Fsp3) is 0.312. The molecule has 0 radical (unpaired) electrons. The lowest BCUT2D eigenvalue weighted by molar-refractivity contribution is -0.123. The van der Waals surface area contributed by atoms with Crippen molar-refractivity contribution >= 4 is 17.2 Å². The summed E-state index contributed by atoms with van der Waals surface area (Å²) >= 11 is 1.55. The van der Waals surface area contributed by atoms with E-state index in [-0.39, 0.29) is 12.5 Å². The number of aliphatic hydroxyl groups excluding tert-OH is 1. The van der Waals surface area contributed by atoms with E-state index in [1.807, 2.05) is 48.0 Å². The van der Waals surface area contributed by atoms with Gasteiger partial charge in [-0.15, -0.1) is 0 Å². The molecule has 2 aromatic rings. The van der Waals surface area contributed by atoms with Crippen LogP contribution < -0.4 is 10.1 Å². The Morgan fingerprint density at radius 1 is 1.38 bits per heavy atom. The molecule has 5 heteroatoms. The van der Waals surface area contributed by atoms with Gasteiger partial charge in [0.2, 0.25) is 0 Å². The summed E-state index contributed by atoms with van der Waals surface area (Å²) in [5.41, 5.74) is 1.89. The molecule has 21 heavy (non-hydrogen) atoms. The molecule has 0 aliphatic rings. The molecule has 0 aliphatic carbocycles. The summed E-state index contributed by atoms with van der Waals surface area (Å²) in [7, 11) is 0. The maximum Gasteiger partial charge on any atom is 0.257 e. The van der Waals surface area contributed by atoms with Gasteiger partial charge in [-0.2, -0.15) is 11.3 Å². The second kappa shape index (κ2) is 7.81. The molecule has 0 aliphatic heterocycles. The van der Waals surface area contributed by atoms with Crippen LogP contribution in [-0.4, -0.2) is 24.2 Å². The topological polar surface area (TPSA) is 58.6 Å². The fourth-order valence-electron chi connectivity index (χ4n) is 1.89. The molecule has 1 aromatic carbocycles. The molecule has 1 unspecified atom stereocenters. The number of hydrogen-bond donors (Lipinski definition) is 2. The number of aliphatic hydroxyl groups is 1. The van der Waals surface area contributed by atoms with Crippen molar-refractivity contribution in [2.24, 2.45) is 0 Å². The Kier molecular flexibility index (Phi) is 5.78. The van der Waals surface area contributed by atoms with Gasteiger partial charge in [0.05, 0.1) is 6.10 Å². The quantitative estimate of drug-likeness (QED) is 0.827. The average Bonchev–Trinajstić information content (AvgIpc) is 3.00. The Balaban J connectivity index is 1.67. The first-order valence-electron chi connectivity index (χ1n) is 6.82. The van der Waals surface area contributed by atoms with Crippen molar-refractivity contribution in [2.75, 3.05) is 13.2 Å². The second-order valence-corrected chi connectivity index (χ2v) is 5.55. The monoisotopic (exact) mass is 305 g/mol. The molecule has 0 fully saturated rings. The van der Waals surface area contributed by atoms with Gasteiger partial charge in [-0.3, -0.25) is 4.79 Å². The van der Waals surface area contributed by atoms with E-state index in [2.05, 4.69) is 5.32 Å². The molecule has 0 bridgehead atoms. The van der Waals surface area contributed by atoms with E-state index in [1.54, 1.807) is 11.3 Å². The molecule has 1 amide bonds. The van der Waals surface area contributed by atoms with Gasteiger partial charge in [0.15, 0.2) is 6.61 Å². The van der Waals surface area contributed by atoms with Crippen molar-refractivity contribution in [3.05, 3.63) is 52.2 Å². The predicted molar refractivity (Wildman–Crippen MR) is 83.6 cm³/mol. The largest absolute Gasteiger partial charge is 0.484 e. The van der Waals surface area contributed by atoms with Gasteiger partial charge in [0.25, 0.3) is 5.91 Å². The number of amides is 1.